The van der Waals surface area contributed by atoms with E-state index in [0.29, 0.717) is 31.2 Å². The maximum atomic E-state index is 12.3. The average molecular weight is 323 g/mol. The molecule has 3 amide bonds. The second-order valence-corrected chi connectivity index (χ2v) is 6.98. The van der Waals surface area contributed by atoms with Gasteiger partial charge in [-0.1, -0.05) is 19.8 Å². The van der Waals surface area contributed by atoms with Crippen LogP contribution in [0, 0.1) is 11.8 Å². The zero-order valence-corrected chi connectivity index (χ0v) is 14.3. The first-order chi connectivity index (χ1) is 11.0. The van der Waals surface area contributed by atoms with E-state index in [1.54, 1.807) is 11.9 Å². The molecule has 1 heterocycles. The Morgan fingerprint density at radius 2 is 1.91 bits per heavy atom. The van der Waals surface area contributed by atoms with Crippen LogP contribution in [0.3, 0.4) is 0 Å². The first-order valence-corrected chi connectivity index (χ1v) is 8.79. The summed E-state index contributed by atoms with van der Waals surface area (Å²) in [7, 11) is 1.58. The maximum Gasteiger partial charge on any atom is 0.242 e. The Kier molecular flexibility index (Phi) is 6.42. The smallest absolute Gasteiger partial charge is 0.242 e. The van der Waals surface area contributed by atoms with E-state index < -0.39 is 0 Å². The molecule has 1 aliphatic carbocycles. The Morgan fingerprint density at radius 3 is 2.61 bits per heavy atom. The van der Waals surface area contributed by atoms with E-state index in [0.717, 1.165) is 19.3 Å². The number of amides is 3. The molecule has 6 heteroatoms. The minimum absolute atomic E-state index is 0.00536. The second-order valence-electron chi connectivity index (χ2n) is 6.98. The number of hydrogen-bond donors (Lipinski definition) is 2. The van der Waals surface area contributed by atoms with E-state index >= 15 is 0 Å². The fraction of sp³-hybridized carbons (Fsp3) is 0.824. The molecule has 1 saturated heterocycles. The fourth-order valence-corrected chi connectivity index (χ4v) is 3.86. The van der Waals surface area contributed by atoms with Crippen LogP contribution in [0.25, 0.3) is 0 Å². The molecular weight excluding hydrogens is 294 g/mol. The molecule has 2 rings (SSSR count). The number of carbonyl (C=O) groups excluding carboxylic acids is 3. The predicted octanol–water partition coefficient (Wildman–Crippen LogP) is 1.06. The molecular formula is C17H29N3O3. The van der Waals surface area contributed by atoms with Crippen LogP contribution >= 0.6 is 0 Å². The van der Waals surface area contributed by atoms with Crippen molar-refractivity contribution in [3.8, 4) is 0 Å². The second kappa shape index (κ2) is 8.31. The third-order valence-corrected chi connectivity index (χ3v) is 5.08. The lowest BCUT2D eigenvalue weighted by molar-refractivity contribution is -0.138. The van der Waals surface area contributed by atoms with Crippen LogP contribution in [0.15, 0.2) is 0 Å². The third-order valence-electron chi connectivity index (χ3n) is 5.08. The molecule has 2 aliphatic rings. The molecule has 0 aromatic carbocycles. The molecule has 0 aromatic rings. The van der Waals surface area contributed by atoms with Gasteiger partial charge in [-0.25, -0.2) is 0 Å². The summed E-state index contributed by atoms with van der Waals surface area (Å²) in [5.74, 6) is 0.799. The van der Waals surface area contributed by atoms with Gasteiger partial charge in [-0.05, 0) is 37.5 Å². The van der Waals surface area contributed by atoms with Gasteiger partial charge in [0.25, 0.3) is 0 Å². The lowest BCUT2D eigenvalue weighted by atomic mass is 9.81. The molecule has 3 unspecified atom stereocenters. The van der Waals surface area contributed by atoms with Crippen LogP contribution < -0.4 is 10.6 Å². The predicted molar refractivity (Wildman–Crippen MR) is 87.6 cm³/mol. The Morgan fingerprint density at radius 1 is 1.13 bits per heavy atom. The molecule has 2 fully saturated rings. The summed E-state index contributed by atoms with van der Waals surface area (Å²) in [4.78, 5) is 37.7. The summed E-state index contributed by atoms with van der Waals surface area (Å²) in [5.41, 5.74) is 0. The van der Waals surface area contributed by atoms with Crippen LogP contribution in [-0.2, 0) is 14.4 Å². The molecule has 23 heavy (non-hydrogen) atoms. The van der Waals surface area contributed by atoms with Crippen molar-refractivity contribution in [2.45, 2.75) is 57.9 Å². The van der Waals surface area contributed by atoms with Crippen molar-refractivity contribution in [2.75, 3.05) is 20.1 Å². The highest BCUT2D eigenvalue weighted by molar-refractivity contribution is 5.90. The minimum Gasteiger partial charge on any atom is -0.357 e. The van der Waals surface area contributed by atoms with E-state index in [9.17, 15) is 14.4 Å². The monoisotopic (exact) mass is 323 g/mol. The molecule has 0 radical (unpaired) electrons. The fourth-order valence-electron chi connectivity index (χ4n) is 3.86. The van der Waals surface area contributed by atoms with Crippen molar-refractivity contribution in [2.24, 2.45) is 11.8 Å². The summed E-state index contributed by atoms with van der Waals surface area (Å²) in [6.45, 7) is 2.82. The van der Waals surface area contributed by atoms with Crippen molar-refractivity contribution in [3.05, 3.63) is 0 Å². The first kappa shape index (κ1) is 17.8. The van der Waals surface area contributed by atoms with Gasteiger partial charge in [0.2, 0.25) is 17.7 Å². The zero-order chi connectivity index (χ0) is 16.8. The molecule has 1 aliphatic heterocycles. The average Bonchev–Trinajstić information content (AvgIpc) is 3.01. The van der Waals surface area contributed by atoms with Crippen LogP contribution in [0.2, 0.25) is 0 Å². The summed E-state index contributed by atoms with van der Waals surface area (Å²) in [5, 5.41) is 5.33. The Bertz CT molecular complexity index is 452. The number of hydrogen-bond acceptors (Lipinski definition) is 3. The number of nitrogens with one attached hydrogen (secondary N) is 2. The quantitative estimate of drug-likeness (QED) is 0.794. The number of rotatable bonds is 5. The highest BCUT2D eigenvalue weighted by Crippen LogP contribution is 2.30. The lowest BCUT2D eigenvalue weighted by Gasteiger charge is -2.26. The molecule has 1 saturated carbocycles. The van der Waals surface area contributed by atoms with E-state index in [-0.39, 0.29) is 30.3 Å². The molecule has 3 atom stereocenters. The molecule has 0 bridgehead atoms. The summed E-state index contributed by atoms with van der Waals surface area (Å²) in [6.07, 6.45) is 6.70. The summed E-state index contributed by atoms with van der Waals surface area (Å²) in [6, 6.07) is -0.386. The van der Waals surface area contributed by atoms with Gasteiger partial charge >= 0.3 is 0 Å². The third kappa shape index (κ3) is 4.94. The van der Waals surface area contributed by atoms with Crippen molar-refractivity contribution in [1.29, 1.82) is 0 Å². The van der Waals surface area contributed by atoms with E-state index in [1.165, 1.54) is 12.8 Å². The SMILES string of the molecule is CNC(=O)C1CCCN1C(=O)CNC(=O)CC1CCCC(C)C1. The van der Waals surface area contributed by atoms with Crippen LogP contribution in [-0.4, -0.2) is 48.8 Å². The van der Waals surface area contributed by atoms with Crippen LogP contribution in [0.5, 0.6) is 0 Å². The van der Waals surface area contributed by atoms with Gasteiger partial charge in [0.15, 0.2) is 0 Å². The summed E-state index contributed by atoms with van der Waals surface area (Å²) >= 11 is 0. The molecule has 6 nitrogen and oxygen atoms in total. The van der Waals surface area contributed by atoms with Gasteiger partial charge in [-0.2, -0.15) is 0 Å². The van der Waals surface area contributed by atoms with Crippen molar-refractivity contribution in [1.82, 2.24) is 15.5 Å². The van der Waals surface area contributed by atoms with Crippen LogP contribution in [0.1, 0.15) is 51.9 Å². The number of nitrogens with zero attached hydrogens (tertiary/aromatic N) is 1. The highest BCUT2D eigenvalue weighted by atomic mass is 16.2. The van der Waals surface area contributed by atoms with E-state index in [4.69, 9.17) is 0 Å². The minimum atomic E-state index is -0.386. The number of carbonyl (C=O) groups is 3. The first-order valence-electron chi connectivity index (χ1n) is 8.79. The van der Waals surface area contributed by atoms with Gasteiger partial charge in [0, 0.05) is 20.0 Å². The van der Waals surface area contributed by atoms with Crippen molar-refractivity contribution in [3.63, 3.8) is 0 Å². The Balaban J connectivity index is 1.75. The van der Waals surface area contributed by atoms with Gasteiger partial charge < -0.3 is 15.5 Å². The lowest BCUT2D eigenvalue weighted by Crippen LogP contribution is -2.48. The maximum absolute atomic E-state index is 12.3. The van der Waals surface area contributed by atoms with Gasteiger partial charge in [-0.3, -0.25) is 14.4 Å². The van der Waals surface area contributed by atoms with Crippen LogP contribution in [0.4, 0.5) is 0 Å². The van der Waals surface area contributed by atoms with Gasteiger partial charge in [-0.15, -0.1) is 0 Å². The van der Waals surface area contributed by atoms with E-state index in [1.807, 2.05) is 0 Å². The van der Waals surface area contributed by atoms with Gasteiger partial charge in [0.1, 0.15) is 6.04 Å². The van der Waals surface area contributed by atoms with E-state index in [2.05, 4.69) is 17.6 Å². The topological polar surface area (TPSA) is 78.5 Å². The standard InChI is InChI=1S/C17H29N3O3/c1-12-5-3-6-13(9-12)10-15(21)19-11-16(22)20-8-4-7-14(20)17(23)18-2/h12-14H,3-11H2,1-2H3,(H,18,23)(H,19,21). The molecule has 2 N–H and O–H groups in total. The normalized spacial score (nSPS) is 27.6. The van der Waals surface area contributed by atoms with Crippen molar-refractivity contribution < 1.29 is 14.4 Å². The molecule has 0 spiro atoms. The molecule has 130 valence electrons. The number of likely N-dealkylation sites (tertiary alicyclic amines) is 1. The summed E-state index contributed by atoms with van der Waals surface area (Å²) < 4.78 is 0. The Labute approximate surface area is 138 Å². The zero-order valence-electron chi connectivity index (χ0n) is 14.3. The largest absolute Gasteiger partial charge is 0.357 e. The number of likely N-dealkylation sites (N-methyl/N-ethyl adjacent to an activating group) is 1. The van der Waals surface area contributed by atoms with Crippen molar-refractivity contribution >= 4 is 17.7 Å². The Hall–Kier alpha value is -1.59. The highest BCUT2D eigenvalue weighted by Gasteiger charge is 2.33. The molecule has 0 aromatic heterocycles. The van der Waals surface area contributed by atoms with Gasteiger partial charge in [0.05, 0.1) is 6.54 Å².